The first-order valence-corrected chi connectivity index (χ1v) is 6.66. The van der Waals surface area contributed by atoms with Crippen molar-refractivity contribution in [1.29, 1.82) is 0 Å². The van der Waals surface area contributed by atoms with Gasteiger partial charge in [-0.05, 0) is 25.1 Å². The molecule has 112 valence electrons. The first-order valence-electron chi connectivity index (χ1n) is 6.66. The third-order valence-electron chi connectivity index (χ3n) is 3.16. The van der Waals surface area contributed by atoms with Crippen molar-refractivity contribution in [2.24, 2.45) is 0 Å². The summed E-state index contributed by atoms with van der Waals surface area (Å²) in [6.07, 6.45) is 6.57. The van der Waals surface area contributed by atoms with Crippen LogP contribution < -0.4 is 5.32 Å². The van der Waals surface area contributed by atoms with Crippen molar-refractivity contribution in [3.05, 3.63) is 66.5 Å². The van der Waals surface area contributed by atoms with Gasteiger partial charge in [0.25, 0.3) is 0 Å². The number of hydrogen-bond donors (Lipinski definition) is 1. The number of benzene rings is 1. The molecule has 1 atom stereocenters. The molecular formula is C15H13F2N5. The smallest absolute Gasteiger partial charge is 0.223 e. The molecule has 0 aliphatic carbocycles. The topological polar surface area (TPSA) is 55.6 Å². The Morgan fingerprint density at radius 3 is 2.59 bits per heavy atom. The minimum Gasteiger partial charge on any atom is -0.346 e. The Bertz CT molecular complexity index is 773. The van der Waals surface area contributed by atoms with E-state index in [0.29, 0.717) is 11.6 Å². The van der Waals surface area contributed by atoms with Crippen molar-refractivity contribution in [3.8, 4) is 5.69 Å². The summed E-state index contributed by atoms with van der Waals surface area (Å²) in [7, 11) is 0. The van der Waals surface area contributed by atoms with E-state index in [1.54, 1.807) is 35.6 Å². The molecule has 0 aliphatic rings. The molecule has 2 heterocycles. The molecule has 0 unspecified atom stereocenters. The maximum atomic E-state index is 13.3. The zero-order chi connectivity index (χ0) is 15.5. The summed E-state index contributed by atoms with van der Waals surface area (Å²) in [5.41, 5.74) is 1.23. The Morgan fingerprint density at radius 1 is 1.09 bits per heavy atom. The summed E-state index contributed by atoms with van der Waals surface area (Å²) in [4.78, 5) is 12.4. The van der Waals surface area contributed by atoms with E-state index in [1.165, 1.54) is 6.07 Å². The molecular weight excluding hydrogens is 288 g/mol. The fourth-order valence-corrected chi connectivity index (χ4v) is 1.99. The van der Waals surface area contributed by atoms with Crippen molar-refractivity contribution >= 4 is 5.95 Å². The number of imidazole rings is 1. The summed E-state index contributed by atoms with van der Waals surface area (Å²) in [6.45, 7) is 1.91. The van der Waals surface area contributed by atoms with Crippen LogP contribution in [0.15, 0.2) is 49.2 Å². The van der Waals surface area contributed by atoms with Crippen molar-refractivity contribution < 1.29 is 8.78 Å². The van der Waals surface area contributed by atoms with Crippen molar-refractivity contribution in [3.63, 3.8) is 0 Å². The minimum absolute atomic E-state index is 0.131. The van der Waals surface area contributed by atoms with Crippen LogP contribution in [0.4, 0.5) is 14.7 Å². The highest BCUT2D eigenvalue weighted by Gasteiger charge is 2.11. The van der Waals surface area contributed by atoms with Crippen LogP contribution >= 0.6 is 0 Å². The Morgan fingerprint density at radius 2 is 1.86 bits per heavy atom. The highest BCUT2D eigenvalue weighted by molar-refractivity contribution is 5.34. The second kappa shape index (κ2) is 5.88. The molecule has 3 rings (SSSR count). The van der Waals surface area contributed by atoms with Crippen LogP contribution in [0.25, 0.3) is 5.69 Å². The van der Waals surface area contributed by atoms with Gasteiger partial charge in [0.2, 0.25) is 5.95 Å². The van der Waals surface area contributed by atoms with Gasteiger partial charge in [-0.2, -0.15) is 0 Å². The van der Waals surface area contributed by atoms with Crippen molar-refractivity contribution in [2.45, 2.75) is 13.0 Å². The Hall–Kier alpha value is -2.83. The van der Waals surface area contributed by atoms with Gasteiger partial charge >= 0.3 is 0 Å². The van der Waals surface area contributed by atoms with Gasteiger partial charge in [-0.3, -0.25) is 0 Å². The quantitative estimate of drug-likeness (QED) is 0.804. The Labute approximate surface area is 125 Å². The lowest BCUT2D eigenvalue weighted by Gasteiger charge is -2.10. The molecule has 3 aromatic rings. The van der Waals surface area contributed by atoms with Crippen molar-refractivity contribution in [1.82, 2.24) is 19.5 Å². The highest BCUT2D eigenvalue weighted by atomic mass is 19.2. The maximum absolute atomic E-state index is 13.3. The number of halogens is 2. The summed E-state index contributed by atoms with van der Waals surface area (Å²) in [6, 6.07) is 5.30. The van der Waals surface area contributed by atoms with Gasteiger partial charge in [0.1, 0.15) is 0 Å². The normalized spacial score (nSPS) is 12.1. The summed E-state index contributed by atoms with van der Waals surface area (Å²) >= 11 is 0. The van der Waals surface area contributed by atoms with E-state index in [9.17, 15) is 8.78 Å². The molecule has 0 saturated carbocycles. The van der Waals surface area contributed by atoms with E-state index in [2.05, 4.69) is 20.3 Å². The van der Waals surface area contributed by atoms with Gasteiger partial charge < -0.3 is 9.88 Å². The maximum Gasteiger partial charge on any atom is 0.223 e. The molecule has 0 saturated heterocycles. The Balaban J connectivity index is 1.79. The molecule has 0 bridgehead atoms. The predicted octanol–water partition coefficient (Wildman–Crippen LogP) is 3.11. The fourth-order valence-electron chi connectivity index (χ4n) is 1.99. The lowest BCUT2D eigenvalue weighted by molar-refractivity contribution is 0.508. The summed E-state index contributed by atoms with van der Waals surface area (Å²) in [5, 5.41) is 3.11. The molecule has 5 nitrogen and oxygen atoms in total. The molecule has 2 aromatic heterocycles. The molecule has 0 radical (unpaired) electrons. The SMILES string of the molecule is C[C@H](Nc1ncccn1)c1cn(-c2ccc(F)c(F)c2)cn1. The standard InChI is InChI=1S/C15H13F2N5/c1-10(21-15-18-5-2-6-19-15)14-8-22(9-20-14)11-3-4-12(16)13(17)7-11/h2-10H,1H3,(H,18,19,21)/t10-/m0/s1. The van der Waals surface area contributed by atoms with E-state index < -0.39 is 11.6 Å². The largest absolute Gasteiger partial charge is 0.346 e. The second-order valence-electron chi connectivity index (χ2n) is 4.74. The van der Waals surface area contributed by atoms with E-state index >= 15 is 0 Å². The van der Waals surface area contributed by atoms with Gasteiger partial charge in [0, 0.05) is 30.3 Å². The van der Waals surface area contributed by atoms with Crippen LogP contribution in [0.5, 0.6) is 0 Å². The molecule has 0 spiro atoms. The molecule has 1 N–H and O–H groups in total. The molecule has 22 heavy (non-hydrogen) atoms. The van der Waals surface area contributed by atoms with Gasteiger partial charge in [-0.1, -0.05) is 0 Å². The first kappa shape index (κ1) is 14.1. The van der Waals surface area contributed by atoms with Crippen molar-refractivity contribution in [2.75, 3.05) is 5.32 Å². The van der Waals surface area contributed by atoms with Gasteiger partial charge in [-0.25, -0.2) is 23.7 Å². The third-order valence-corrected chi connectivity index (χ3v) is 3.16. The number of hydrogen-bond acceptors (Lipinski definition) is 4. The Kier molecular flexibility index (Phi) is 3.78. The van der Waals surface area contributed by atoms with Crippen LogP contribution in [-0.4, -0.2) is 19.5 Å². The van der Waals surface area contributed by atoms with Gasteiger partial charge in [-0.15, -0.1) is 0 Å². The van der Waals surface area contributed by atoms with Crippen LogP contribution in [-0.2, 0) is 0 Å². The van der Waals surface area contributed by atoms with Crippen LogP contribution in [0.3, 0.4) is 0 Å². The summed E-state index contributed by atoms with van der Waals surface area (Å²) < 4.78 is 27.9. The average Bonchev–Trinajstić information content (AvgIpc) is 3.01. The van der Waals surface area contributed by atoms with E-state index in [4.69, 9.17) is 0 Å². The molecule has 7 heteroatoms. The van der Waals surface area contributed by atoms with Crippen LogP contribution in [0.2, 0.25) is 0 Å². The number of aromatic nitrogens is 4. The zero-order valence-corrected chi connectivity index (χ0v) is 11.7. The average molecular weight is 301 g/mol. The monoisotopic (exact) mass is 301 g/mol. The predicted molar refractivity (Wildman–Crippen MR) is 77.5 cm³/mol. The van der Waals surface area contributed by atoms with Gasteiger partial charge in [0.15, 0.2) is 11.6 Å². The van der Waals surface area contributed by atoms with E-state index in [1.807, 2.05) is 6.92 Å². The van der Waals surface area contributed by atoms with E-state index in [-0.39, 0.29) is 6.04 Å². The highest BCUT2D eigenvalue weighted by Crippen LogP contribution is 2.18. The number of nitrogens with zero attached hydrogens (tertiary/aromatic N) is 4. The number of nitrogens with one attached hydrogen (secondary N) is 1. The number of rotatable bonds is 4. The molecule has 0 amide bonds. The lowest BCUT2D eigenvalue weighted by atomic mass is 10.2. The van der Waals surface area contributed by atoms with E-state index in [0.717, 1.165) is 17.8 Å². The molecule has 0 aliphatic heterocycles. The number of anilines is 1. The zero-order valence-electron chi connectivity index (χ0n) is 11.7. The van der Waals surface area contributed by atoms with Crippen LogP contribution in [0.1, 0.15) is 18.7 Å². The minimum atomic E-state index is -0.892. The summed E-state index contributed by atoms with van der Waals surface area (Å²) in [5.74, 6) is -1.27. The molecule has 1 aromatic carbocycles. The van der Waals surface area contributed by atoms with Crippen LogP contribution in [0, 0.1) is 11.6 Å². The second-order valence-corrected chi connectivity index (χ2v) is 4.74. The lowest BCUT2D eigenvalue weighted by Crippen LogP contribution is -2.09. The first-order chi connectivity index (χ1) is 10.6. The molecule has 0 fully saturated rings. The van der Waals surface area contributed by atoms with Gasteiger partial charge in [0.05, 0.1) is 18.1 Å². The fraction of sp³-hybridized carbons (Fsp3) is 0.133. The third kappa shape index (κ3) is 2.93.